The molecule has 0 bridgehead atoms. The summed E-state index contributed by atoms with van der Waals surface area (Å²) < 4.78 is 0. The quantitative estimate of drug-likeness (QED) is 0.878. The first-order chi connectivity index (χ1) is 9.15. The molecule has 1 atom stereocenters. The largest absolute Gasteiger partial charge is 0.356 e. The van der Waals surface area contributed by atoms with Crippen molar-refractivity contribution in [2.75, 3.05) is 13.1 Å². The Morgan fingerprint density at radius 1 is 1.37 bits per heavy atom. The van der Waals surface area contributed by atoms with E-state index in [1.54, 1.807) is 12.1 Å². The minimum absolute atomic E-state index is 0.0244. The lowest BCUT2D eigenvalue weighted by Gasteiger charge is -2.11. The normalized spacial score (nSPS) is 18.5. The van der Waals surface area contributed by atoms with Gasteiger partial charge in [0.1, 0.15) is 0 Å². The van der Waals surface area contributed by atoms with Crippen LogP contribution in [0.25, 0.3) is 0 Å². The Bertz CT molecular complexity index is 445. The third-order valence-electron chi connectivity index (χ3n) is 3.33. The van der Waals surface area contributed by atoms with Crippen LogP contribution >= 0.6 is 23.2 Å². The van der Waals surface area contributed by atoms with Crippen molar-refractivity contribution in [2.45, 2.75) is 31.7 Å². The van der Waals surface area contributed by atoms with Gasteiger partial charge in [-0.2, -0.15) is 0 Å². The number of amides is 1. The molecule has 2 rings (SSSR count). The summed E-state index contributed by atoms with van der Waals surface area (Å²) in [4.78, 5) is 11.8. The molecule has 3 nitrogen and oxygen atoms in total. The van der Waals surface area contributed by atoms with Crippen LogP contribution in [0.3, 0.4) is 0 Å². The summed E-state index contributed by atoms with van der Waals surface area (Å²) >= 11 is 11.7. The van der Waals surface area contributed by atoms with Crippen molar-refractivity contribution in [1.82, 2.24) is 10.6 Å². The molecule has 19 heavy (non-hydrogen) atoms. The van der Waals surface area contributed by atoms with Crippen LogP contribution in [-0.4, -0.2) is 25.0 Å². The lowest BCUT2D eigenvalue weighted by atomic mass is 10.1. The molecule has 1 aromatic carbocycles. The molecule has 1 heterocycles. The second kappa shape index (κ2) is 7.13. The molecular weight excluding hydrogens is 283 g/mol. The first kappa shape index (κ1) is 14.6. The lowest BCUT2D eigenvalue weighted by Crippen LogP contribution is -2.31. The molecule has 104 valence electrons. The summed E-state index contributed by atoms with van der Waals surface area (Å²) in [7, 11) is 0. The highest BCUT2D eigenvalue weighted by atomic mass is 35.5. The van der Waals surface area contributed by atoms with Crippen LogP contribution in [-0.2, 0) is 11.2 Å². The average Bonchev–Trinajstić information content (AvgIpc) is 2.87. The zero-order chi connectivity index (χ0) is 13.7. The summed E-state index contributed by atoms with van der Waals surface area (Å²) in [6, 6.07) is 5.84. The van der Waals surface area contributed by atoms with Crippen LogP contribution in [0.1, 0.15) is 24.8 Å². The van der Waals surface area contributed by atoms with E-state index in [4.69, 9.17) is 23.2 Å². The van der Waals surface area contributed by atoms with Gasteiger partial charge in [0.25, 0.3) is 0 Å². The number of nitrogens with one attached hydrogen (secondary N) is 2. The summed E-state index contributed by atoms with van der Waals surface area (Å²) in [6.45, 7) is 1.82. The van der Waals surface area contributed by atoms with Gasteiger partial charge in [0.05, 0.1) is 16.5 Å². The highest BCUT2D eigenvalue weighted by Gasteiger charge is 2.13. The molecule has 1 aliphatic rings. The van der Waals surface area contributed by atoms with Gasteiger partial charge in [0.15, 0.2) is 0 Å². The molecule has 1 fully saturated rings. The topological polar surface area (TPSA) is 41.1 Å². The minimum Gasteiger partial charge on any atom is -0.356 e. The number of rotatable bonds is 5. The van der Waals surface area contributed by atoms with E-state index >= 15 is 0 Å². The summed E-state index contributed by atoms with van der Waals surface area (Å²) in [5.74, 6) is 0.0244. The fourth-order valence-electron chi connectivity index (χ4n) is 2.29. The molecule has 0 aromatic heterocycles. The molecule has 0 unspecified atom stereocenters. The van der Waals surface area contributed by atoms with E-state index in [1.807, 2.05) is 6.07 Å². The fraction of sp³-hybridized carbons (Fsp3) is 0.500. The molecule has 1 aromatic rings. The van der Waals surface area contributed by atoms with Gasteiger partial charge in [-0.1, -0.05) is 29.3 Å². The van der Waals surface area contributed by atoms with E-state index in [9.17, 15) is 4.79 Å². The first-order valence-corrected chi connectivity index (χ1v) is 7.35. The van der Waals surface area contributed by atoms with Gasteiger partial charge in [-0.15, -0.1) is 0 Å². The van der Waals surface area contributed by atoms with E-state index in [0.717, 1.165) is 25.1 Å². The van der Waals surface area contributed by atoms with Crippen molar-refractivity contribution in [3.05, 3.63) is 33.8 Å². The summed E-state index contributed by atoms with van der Waals surface area (Å²) in [5, 5.41) is 7.35. The van der Waals surface area contributed by atoms with Crippen molar-refractivity contribution in [3.63, 3.8) is 0 Å². The zero-order valence-electron chi connectivity index (χ0n) is 10.7. The molecule has 5 heteroatoms. The molecular formula is C14H18Cl2N2O. The van der Waals surface area contributed by atoms with E-state index in [0.29, 0.717) is 22.5 Å². The number of hydrogen-bond acceptors (Lipinski definition) is 2. The SMILES string of the molecule is O=C(Cc1ccc(Cl)c(Cl)c1)NCC[C@@H]1CCCN1. The Morgan fingerprint density at radius 3 is 2.89 bits per heavy atom. The molecule has 0 aliphatic carbocycles. The van der Waals surface area contributed by atoms with Gasteiger partial charge in [-0.3, -0.25) is 4.79 Å². The predicted molar refractivity (Wildman–Crippen MR) is 78.8 cm³/mol. The van der Waals surface area contributed by atoms with Crippen molar-refractivity contribution < 1.29 is 4.79 Å². The van der Waals surface area contributed by atoms with Crippen LogP contribution in [0.4, 0.5) is 0 Å². The maximum Gasteiger partial charge on any atom is 0.224 e. The standard InChI is InChI=1S/C14H18Cl2N2O/c15-12-4-3-10(8-13(12)16)9-14(19)18-7-5-11-2-1-6-17-11/h3-4,8,11,17H,1-2,5-7,9H2,(H,18,19)/t11-/m0/s1. The molecule has 1 amide bonds. The van der Waals surface area contributed by atoms with E-state index in [2.05, 4.69) is 10.6 Å². The van der Waals surface area contributed by atoms with Crippen LogP contribution in [0.5, 0.6) is 0 Å². The Hall–Kier alpha value is -0.770. The van der Waals surface area contributed by atoms with Gasteiger partial charge in [-0.05, 0) is 43.5 Å². The number of hydrogen-bond donors (Lipinski definition) is 2. The lowest BCUT2D eigenvalue weighted by molar-refractivity contribution is -0.120. The second-order valence-corrected chi connectivity index (χ2v) is 5.67. The smallest absolute Gasteiger partial charge is 0.224 e. The summed E-state index contributed by atoms with van der Waals surface area (Å²) in [5.41, 5.74) is 0.880. The third-order valence-corrected chi connectivity index (χ3v) is 4.07. The van der Waals surface area contributed by atoms with Crippen LogP contribution in [0.15, 0.2) is 18.2 Å². The van der Waals surface area contributed by atoms with E-state index in [1.165, 1.54) is 12.8 Å². The van der Waals surface area contributed by atoms with Gasteiger partial charge < -0.3 is 10.6 Å². The average molecular weight is 301 g/mol. The number of carbonyl (C=O) groups excluding carboxylic acids is 1. The highest BCUT2D eigenvalue weighted by molar-refractivity contribution is 6.42. The van der Waals surface area contributed by atoms with Gasteiger partial charge in [-0.25, -0.2) is 0 Å². The zero-order valence-corrected chi connectivity index (χ0v) is 12.2. The van der Waals surface area contributed by atoms with Crippen molar-refractivity contribution in [2.24, 2.45) is 0 Å². The Labute approximate surface area is 123 Å². The maximum atomic E-state index is 11.8. The number of halogens is 2. The van der Waals surface area contributed by atoms with E-state index in [-0.39, 0.29) is 5.91 Å². The van der Waals surface area contributed by atoms with Crippen LogP contribution < -0.4 is 10.6 Å². The molecule has 0 spiro atoms. The molecule has 0 radical (unpaired) electrons. The van der Waals surface area contributed by atoms with Crippen molar-refractivity contribution in [3.8, 4) is 0 Å². The Morgan fingerprint density at radius 2 is 2.21 bits per heavy atom. The first-order valence-electron chi connectivity index (χ1n) is 6.59. The van der Waals surface area contributed by atoms with Crippen molar-refractivity contribution in [1.29, 1.82) is 0 Å². The fourth-order valence-corrected chi connectivity index (χ4v) is 2.61. The highest BCUT2D eigenvalue weighted by Crippen LogP contribution is 2.22. The molecule has 2 N–H and O–H groups in total. The summed E-state index contributed by atoms with van der Waals surface area (Å²) in [6.07, 6.45) is 3.78. The third kappa shape index (κ3) is 4.68. The Balaban J connectivity index is 1.72. The van der Waals surface area contributed by atoms with Crippen molar-refractivity contribution >= 4 is 29.1 Å². The Kier molecular flexibility index (Phi) is 5.49. The molecule has 0 saturated carbocycles. The molecule has 1 aliphatic heterocycles. The van der Waals surface area contributed by atoms with E-state index < -0.39 is 0 Å². The monoisotopic (exact) mass is 300 g/mol. The number of benzene rings is 1. The minimum atomic E-state index is 0.0244. The van der Waals surface area contributed by atoms with Crippen LogP contribution in [0.2, 0.25) is 10.0 Å². The van der Waals surface area contributed by atoms with Gasteiger partial charge in [0, 0.05) is 12.6 Å². The van der Waals surface area contributed by atoms with Gasteiger partial charge >= 0.3 is 0 Å². The maximum absolute atomic E-state index is 11.8. The van der Waals surface area contributed by atoms with Crippen LogP contribution in [0, 0.1) is 0 Å². The second-order valence-electron chi connectivity index (χ2n) is 4.86. The predicted octanol–water partition coefficient (Wildman–Crippen LogP) is 2.79. The number of carbonyl (C=O) groups is 1. The van der Waals surface area contributed by atoms with Gasteiger partial charge in [0.2, 0.25) is 5.91 Å². The molecule has 1 saturated heterocycles.